The molecule has 0 atom stereocenters. The Morgan fingerprint density at radius 1 is 1.11 bits per heavy atom. The maximum atomic E-state index is 12.0. The molecule has 100 valence electrons. The molecule has 0 spiro atoms. The molecular formula is C15H23NO2. The Bertz CT molecular complexity index is 391. The van der Waals surface area contributed by atoms with E-state index in [-0.39, 0.29) is 5.97 Å². The molecule has 0 radical (unpaired) electrons. The molecule has 3 heteroatoms. The summed E-state index contributed by atoms with van der Waals surface area (Å²) in [5.41, 5.74) is 0.000423. The molecule has 1 aromatic rings. The first-order valence-corrected chi connectivity index (χ1v) is 6.23. The Morgan fingerprint density at radius 3 is 2.17 bits per heavy atom. The maximum absolute atomic E-state index is 12.0. The molecule has 0 saturated carbocycles. The summed E-state index contributed by atoms with van der Waals surface area (Å²) < 4.78 is 5.39. The van der Waals surface area contributed by atoms with Crippen LogP contribution in [-0.2, 0) is 16.1 Å². The first-order chi connectivity index (χ1) is 8.21. The number of hydrogen-bond acceptors (Lipinski definition) is 3. The third-order valence-corrected chi connectivity index (χ3v) is 2.49. The third-order valence-electron chi connectivity index (χ3n) is 2.49. The van der Waals surface area contributed by atoms with E-state index in [9.17, 15) is 4.79 Å². The number of esters is 1. The highest BCUT2D eigenvalue weighted by atomic mass is 16.6. The van der Waals surface area contributed by atoms with Gasteiger partial charge in [0, 0.05) is 6.54 Å². The summed E-state index contributed by atoms with van der Waals surface area (Å²) in [6.07, 6.45) is 0. The largest absolute Gasteiger partial charge is 0.459 e. The van der Waals surface area contributed by atoms with E-state index in [0.29, 0.717) is 6.54 Å². The normalized spacial score (nSPS) is 12.3. The van der Waals surface area contributed by atoms with Crippen LogP contribution in [0.25, 0.3) is 0 Å². The van der Waals surface area contributed by atoms with Crippen LogP contribution in [-0.4, -0.2) is 17.1 Å². The van der Waals surface area contributed by atoms with Crippen molar-refractivity contribution in [2.45, 2.75) is 52.3 Å². The van der Waals surface area contributed by atoms with E-state index in [1.807, 2.05) is 65.0 Å². The molecule has 0 bridgehead atoms. The zero-order valence-electron chi connectivity index (χ0n) is 11.9. The summed E-state index contributed by atoms with van der Waals surface area (Å²) in [5.74, 6) is -0.231. The minimum absolute atomic E-state index is 0.231. The Labute approximate surface area is 110 Å². The van der Waals surface area contributed by atoms with E-state index in [4.69, 9.17) is 4.74 Å². The Morgan fingerprint density at radius 2 is 1.67 bits per heavy atom. The monoisotopic (exact) mass is 249 g/mol. The van der Waals surface area contributed by atoms with Crippen molar-refractivity contribution in [2.24, 2.45) is 0 Å². The molecule has 1 aromatic carbocycles. The van der Waals surface area contributed by atoms with Crippen LogP contribution in [0.4, 0.5) is 0 Å². The van der Waals surface area contributed by atoms with Gasteiger partial charge in [0.05, 0.1) is 0 Å². The molecule has 0 aliphatic rings. The van der Waals surface area contributed by atoms with Gasteiger partial charge in [-0.05, 0) is 40.2 Å². The van der Waals surface area contributed by atoms with Crippen LogP contribution < -0.4 is 5.32 Å². The van der Waals surface area contributed by atoms with Crippen LogP contribution >= 0.6 is 0 Å². The number of carbonyl (C=O) groups is 1. The molecule has 1 N–H and O–H groups in total. The predicted molar refractivity (Wildman–Crippen MR) is 73.2 cm³/mol. The number of benzene rings is 1. The fourth-order valence-corrected chi connectivity index (χ4v) is 1.40. The smallest absolute Gasteiger partial charge is 0.326 e. The summed E-state index contributed by atoms with van der Waals surface area (Å²) in [4.78, 5) is 12.0. The lowest BCUT2D eigenvalue weighted by Crippen LogP contribution is -2.49. The second kappa shape index (κ2) is 5.53. The lowest BCUT2D eigenvalue weighted by Gasteiger charge is -2.29. The Kier molecular flexibility index (Phi) is 4.52. The van der Waals surface area contributed by atoms with Gasteiger partial charge in [-0.2, -0.15) is 0 Å². The van der Waals surface area contributed by atoms with Crippen molar-refractivity contribution in [3.8, 4) is 0 Å². The van der Waals surface area contributed by atoms with E-state index < -0.39 is 11.1 Å². The summed E-state index contributed by atoms with van der Waals surface area (Å²) in [7, 11) is 0. The standard InChI is InChI=1S/C15H23NO2/c1-14(2,3)18-13(17)15(4,5)16-11-12-9-7-6-8-10-12/h6-10,16H,11H2,1-5H3. The first-order valence-electron chi connectivity index (χ1n) is 6.23. The molecule has 0 amide bonds. The number of hydrogen-bond donors (Lipinski definition) is 1. The fourth-order valence-electron chi connectivity index (χ4n) is 1.40. The van der Waals surface area contributed by atoms with Crippen molar-refractivity contribution >= 4 is 5.97 Å². The van der Waals surface area contributed by atoms with Crippen LogP contribution in [0.5, 0.6) is 0 Å². The van der Waals surface area contributed by atoms with Gasteiger partial charge in [-0.3, -0.25) is 10.1 Å². The average Bonchev–Trinajstić information content (AvgIpc) is 2.26. The second-order valence-corrected chi connectivity index (χ2v) is 5.97. The first kappa shape index (κ1) is 14.7. The molecule has 0 unspecified atom stereocenters. The summed E-state index contributed by atoms with van der Waals surface area (Å²) in [5, 5.41) is 3.22. The number of ether oxygens (including phenoxy) is 1. The van der Waals surface area contributed by atoms with Crippen molar-refractivity contribution in [1.82, 2.24) is 5.32 Å². The van der Waals surface area contributed by atoms with E-state index in [1.54, 1.807) is 0 Å². The molecule has 0 fully saturated rings. The summed E-state index contributed by atoms with van der Waals surface area (Å²) in [6.45, 7) is 9.94. The lowest BCUT2D eigenvalue weighted by molar-refractivity contribution is -0.161. The van der Waals surface area contributed by atoms with Crippen LogP contribution in [0.1, 0.15) is 40.2 Å². The van der Waals surface area contributed by atoms with Crippen molar-refractivity contribution in [1.29, 1.82) is 0 Å². The summed E-state index contributed by atoms with van der Waals surface area (Å²) >= 11 is 0. The molecule has 0 heterocycles. The fraction of sp³-hybridized carbons (Fsp3) is 0.533. The van der Waals surface area contributed by atoms with Gasteiger partial charge in [0.25, 0.3) is 0 Å². The van der Waals surface area contributed by atoms with Gasteiger partial charge in [0.2, 0.25) is 0 Å². The summed E-state index contributed by atoms with van der Waals surface area (Å²) in [6, 6.07) is 9.99. The topological polar surface area (TPSA) is 38.3 Å². The van der Waals surface area contributed by atoms with Gasteiger partial charge >= 0.3 is 5.97 Å². The number of carbonyl (C=O) groups excluding carboxylic acids is 1. The van der Waals surface area contributed by atoms with E-state index in [1.165, 1.54) is 0 Å². The highest BCUT2D eigenvalue weighted by molar-refractivity contribution is 5.80. The highest BCUT2D eigenvalue weighted by Crippen LogP contribution is 2.14. The SMILES string of the molecule is CC(C)(C)OC(=O)C(C)(C)NCc1ccccc1. The third kappa shape index (κ3) is 4.88. The molecule has 1 rings (SSSR count). The molecule has 0 aromatic heterocycles. The van der Waals surface area contributed by atoms with Crippen molar-refractivity contribution < 1.29 is 9.53 Å². The zero-order chi connectivity index (χ0) is 13.8. The van der Waals surface area contributed by atoms with Gasteiger partial charge in [-0.25, -0.2) is 0 Å². The highest BCUT2D eigenvalue weighted by Gasteiger charge is 2.31. The second-order valence-electron chi connectivity index (χ2n) is 5.97. The van der Waals surface area contributed by atoms with Crippen LogP contribution in [0.15, 0.2) is 30.3 Å². The minimum Gasteiger partial charge on any atom is -0.459 e. The van der Waals surface area contributed by atoms with Gasteiger partial charge in [-0.15, -0.1) is 0 Å². The van der Waals surface area contributed by atoms with Gasteiger partial charge in [0.15, 0.2) is 0 Å². The quantitative estimate of drug-likeness (QED) is 0.834. The van der Waals surface area contributed by atoms with E-state index >= 15 is 0 Å². The maximum Gasteiger partial charge on any atom is 0.326 e. The van der Waals surface area contributed by atoms with Crippen LogP contribution in [0.2, 0.25) is 0 Å². The van der Waals surface area contributed by atoms with Gasteiger partial charge in [0.1, 0.15) is 11.1 Å². The van der Waals surface area contributed by atoms with Crippen molar-refractivity contribution in [2.75, 3.05) is 0 Å². The van der Waals surface area contributed by atoms with Crippen LogP contribution in [0, 0.1) is 0 Å². The Balaban J connectivity index is 2.57. The number of nitrogens with one attached hydrogen (secondary N) is 1. The van der Waals surface area contributed by atoms with Gasteiger partial charge < -0.3 is 4.74 Å². The molecule has 18 heavy (non-hydrogen) atoms. The van der Waals surface area contributed by atoms with Crippen molar-refractivity contribution in [3.05, 3.63) is 35.9 Å². The predicted octanol–water partition coefficient (Wildman–Crippen LogP) is 2.90. The van der Waals surface area contributed by atoms with E-state index in [2.05, 4.69) is 5.32 Å². The molecular weight excluding hydrogens is 226 g/mol. The average molecular weight is 249 g/mol. The van der Waals surface area contributed by atoms with Gasteiger partial charge in [-0.1, -0.05) is 30.3 Å². The molecule has 0 aliphatic carbocycles. The lowest BCUT2D eigenvalue weighted by atomic mass is 10.0. The molecule has 3 nitrogen and oxygen atoms in total. The molecule has 0 saturated heterocycles. The molecule has 0 aliphatic heterocycles. The van der Waals surface area contributed by atoms with Crippen molar-refractivity contribution in [3.63, 3.8) is 0 Å². The number of rotatable bonds is 4. The van der Waals surface area contributed by atoms with E-state index in [0.717, 1.165) is 5.56 Å². The van der Waals surface area contributed by atoms with Crippen LogP contribution in [0.3, 0.4) is 0 Å². The Hall–Kier alpha value is -1.35. The zero-order valence-corrected chi connectivity index (χ0v) is 11.9. The minimum atomic E-state index is -0.691.